The normalized spacial score (nSPS) is 12.0. The van der Waals surface area contributed by atoms with Crippen molar-refractivity contribution in [2.45, 2.75) is 99.3 Å². The fourth-order valence-electron chi connectivity index (χ4n) is 4.16. The maximum atomic E-state index is 11.3. The highest BCUT2D eigenvalue weighted by Gasteiger charge is 2.15. The lowest BCUT2D eigenvalue weighted by molar-refractivity contribution is -0.140. The molecule has 0 heterocycles. The summed E-state index contributed by atoms with van der Waals surface area (Å²) in [5.41, 5.74) is 4.68. The Kier molecular flexibility index (Phi) is 23.2. The molecule has 2 aromatic rings. The van der Waals surface area contributed by atoms with Crippen LogP contribution in [-0.4, -0.2) is 44.8 Å². The minimum absolute atomic E-state index is 0.211. The molecule has 0 saturated heterocycles. The predicted octanol–water partition coefficient (Wildman–Crippen LogP) is 8.98. The number of esters is 3. The molecule has 1 saturated carbocycles. The van der Waals surface area contributed by atoms with E-state index < -0.39 is 0 Å². The second kappa shape index (κ2) is 25.3. The van der Waals surface area contributed by atoms with Gasteiger partial charge in [0.15, 0.2) is 0 Å². The number of carbonyl (C=O) groups excluding carboxylic acids is 3. The van der Waals surface area contributed by atoms with Crippen LogP contribution in [0.2, 0.25) is 0 Å². The van der Waals surface area contributed by atoms with Gasteiger partial charge >= 0.3 is 17.9 Å². The molecule has 2 aromatic carbocycles. The van der Waals surface area contributed by atoms with Crippen molar-refractivity contribution in [2.24, 2.45) is 5.92 Å². The van der Waals surface area contributed by atoms with Crippen molar-refractivity contribution in [1.29, 1.82) is 0 Å². The molecule has 1 aliphatic rings. The summed E-state index contributed by atoms with van der Waals surface area (Å²) in [5.74, 6) is 1.55. The number of methoxy groups -OCH3 is 1. The monoisotopic (exact) mass is 638 g/mol. The topological polar surface area (TPSA) is 88.1 Å². The van der Waals surface area contributed by atoms with Crippen LogP contribution in [0.5, 0.6) is 5.75 Å². The molecule has 0 atom stereocenters. The van der Waals surface area contributed by atoms with Gasteiger partial charge in [-0.15, -0.1) is 0 Å². The van der Waals surface area contributed by atoms with E-state index >= 15 is 0 Å². The van der Waals surface area contributed by atoms with E-state index in [-0.39, 0.29) is 17.9 Å². The zero-order valence-electron chi connectivity index (χ0n) is 29.6. The zero-order valence-corrected chi connectivity index (χ0v) is 29.6. The molecule has 0 radical (unpaired) electrons. The number of carbonyl (C=O) groups is 3. The first-order valence-corrected chi connectivity index (χ1v) is 16.3. The summed E-state index contributed by atoms with van der Waals surface area (Å²) in [4.78, 5) is 32.2. The van der Waals surface area contributed by atoms with Crippen molar-refractivity contribution < 1.29 is 33.3 Å². The summed E-state index contributed by atoms with van der Waals surface area (Å²) in [6.07, 6.45) is 8.24. The summed E-state index contributed by atoms with van der Waals surface area (Å²) in [7, 11) is 1.63. The Morgan fingerprint density at radius 3 is 1.46 bits per heavy atom. The second-order valence-corrected chi connectivity index (χ2v) is 11.9. The molecule has 0 spiro atoms. The van der Waals surface area contributed by atoms with E-state index in [0.717, 1.165) is 29.6 Å². The smallest absolute Gasteiger partial charge is 0.333 e. The molecule has 1 fully saturated rings. The van der Waals surface area contributed by atoms with Crippen LogP contribution < -0.4 is 4.74 Å². The third kappa shape index (κ3) is 21.8. The molecule has 3 rings (SSSR count). The number of ether oxygens (including phenoxy) is 4. The van der Waals surface area contributed by atoms with E-state index in [1.165, 1.54) is 50.2 Å². The van der Waals surface area contributed by atoms with Crippen molar-refractivity contribution in [3.05, 3.63) is 89.5 Å². The van der Waals surface area contributed by atoms with Crippen LogP contribution in [0.25, 0.3) is 0 Å². The lowest BCUT2D eigenvalue weighted by atomic mass is 9.84. The van der Waals surface area contributed by atoms with E-state index in [1.54, 1.807) is 27.9 Å². The van der Waals surface area contributed by atoms with Gasteiger partial charge in [-0.3, -0.25) is 4.79 Å². The SMILES string of the molecule is C=C(C)C(=O)OCCc1ccc(C2CCCCC2)cc1.C=C(C)C(=O)OCCc1ccc(OC)cc1.CC(C)C.CCOC(C)=O. The molecule has 0 aromatic heterocycles. The Balaban J connectivity index is 0.000000692. The molecule has 0 bridgehead atoms. The highest BCUT2D eigenvalue weighted by molar-refractivity contribution is 5.87. The Morgan fingerprint density at radius 2 is 1.13 bits per heavy atom. The van der Waals surface area contributed by atoms with Crippen molar-refractivity contribution in [1.82, 2.24) is 0 Å². The lowest BCUT2D eigenvalue weighted by Crippen LogP contribution is -2.08. The van der Waals surface area contributed by atoms with Gasteiger partial charge in [-0.25, -0.2) is 9.59 Å². The third-order valence-electron chi connectivity index (χ3n) is 6.51. The quantitative estimate of drug-likeness (QED) is 0.138. The van der Waals surface area contributed by atoms with Crippen molar-refractivity contribution in [2.75, 3.05) is 26.9 Å². The van der Waals surface area contributed by atoms with Gasteiger partial charge in [0.25, 0.3) is 0 Å². The van der Waals surface area contributed by atoms with Gasteiger partial charge in [0.05, 0.1) is 26.9 Å². The first-order chi connectivity index (χ1) is 21.8. The van der Waals surface area contributed by atoms with Gasteiger partial charge in [-0.2, -0.15) is 0 Å². The molecular weight excluding hydrogens is 580 g/mol. The van der Waals surface area contributed by atoms with Crippen LogP contribution in [-0.2, 0) is 41.4 Å². The highest BCUT2D eigenvalue weighted by atomic mass is 16.5. The minimum Gasteiger partial charge on any atom is -0.497 e. The minimum atomic E-state index is -0.339. The average molecular weight is 639 g/mol. The van der Waals surface area contributed by atoms with Gasteiger partial charge in [0.1, 0.15) is 5.75 Å². The third-order valence-corrected chi connectivity index (χ3v) is 6.51. The number of hydrogen-bond donors (Lipinski definition) is 0. The molecule has 256 valence electrons. The molecule has 0 aliphatic heterocycles. The van der Waals surface area contributed by atoms with Crippen molar-refractivity contribution in [3.8, 4) is 5.75 Å². The second-order valence-electron chi connectivity index (χ2n) is 11.9. The van der Waals surface area contributed by atoms with Crippen LogP contribution in [0.4, 0.5) is 0 Å². The summed E-state index contributed by atoms with van der Waals surface area (Å²) < 4.78 is 19.6. The average Bonchev–Trinajstić information content (AvgIpc) is 3.02. The van der Waals surface area contributed by atoms with Crippen LogP contribution in [0, 0.1) is 5.92 Å². The van der Waals surface area contributed by atoms with Crippen molar-refractivity contribution in [3.63, 3.8) is 0 Å². The van der Waals surface area contributed by atoms with E-state index in [1.807, 2.05) is 24.3 Å². The summed E-state index contributed by atoms with van der Waals surface area (Å²) >= 11 is 0. The Labute approximate surface area is 278 Å². The molecule has 0 unspecified atom stereocenters. The van der Waals surface area contributed by atoms with Gasteiger partial charge in [0.2, 0.25) is 0 Å². The molecule has 7 nitrogen and oxygen atoms in total. The van der Waals surface area contributed by atoms with E-state index in [4.69, 9.17) is 14.2 Å². The summed E-state index contributed by atoms with van der Waals surface area (Å²) in [5, 5.41) is 0. The van der Waals surface area contributed by atoms with Crippen LogP contribution in [0.1, 0.15) is 103 Å². The van der Waals surface area contributed by atoms with Gasteiger partial charge in [-0.1, -0.05) is 89.6 Å². The van der Waals surface area contributed by atoms with E-state index in [0.29, 0.717) is 37.4 Å². The highest BCUT2D eigenvalue weighted by Crippen LogP contribution is 2.32. The van der Waals surface area contributed by atoms with Crippen LogP contribution in [0.15, 0.2) is 72.8 Å². The van der Waals surface area contributed by atoms with Crippen LogP contribution in [0.3, 0.4) is 0 Å². The predicted molar refractivity (Wildman–Crippen MR) is 187 cm³/mol. The van der Waals surface area contributed by atoms with E-state index in [9.17, 15) is 14.4 Å². The fourth-order valence-corrected chi connectivity index (χ4v) is 4.16. The molecule has 0 N–H and O–H groups in total. The van der Waals surface area contributed by atoms with Crippen molar-refractivity contribution >= 4 is 17.9 Å². The lowest BCUT2D eigenvalue weighted by Gasteiger charge is -2.22. The number of rotatable bonds is 11. The van der Waals surface area contributed by atoms with Gasteiger partial charge in [-0.05, 0) is 74.3 Å². The molecule has 1 aliphatic carbocycles. The molecular formula is C39H58O7. The number of benzene rings is 2. The first-order valence-electron chi connectivity index (χ1n) is 16.3. The van der Waals surface area contributed by atoms with Gasteiger partial charge < -0.3 is 18.9 Å². The van der Waals surface area contributed by atoms with E-state index in [2.05, 4.69) is 62.9 Å². The molecule has 0 amide bonds. The molecule has 7 heteroatoms. The summed E-state index contributed by atoms with van der Waals surface area (Å²) in [6.45, 7) is 21.3. The first kappa shape index (κ1) is 42.1. The summed E-state index contributed by atoms with van der Waals surface area (Å²) in [6, 6.07) is 16.5. The maximum Gasteiger partial charge on any atom is 0.333 e. The van der Waals surface area contributed by atoms with Gasteiger partial charge in [0, 0.05) is 30.9 Å². The molecule has 46 heavy (non-hydrogen) atoms. The Bertz CT molecular complexity index is 1160. The Hall–Kier alpha value is -3.87. The maximum absolute atomic E-state index is 11.3. The van der Waals surface area contributed by atoms with Crippen LogP contribution >= 0.6 is 0 Å². The largest absolute Gasteiger partial charge is 0.497 e. The standard InChI is InChI=1S/C18H24O2.C13H16O3.C4H8O2.C4H10/c1-14(2)18(19)20-13-12-15-8-10-17(11-9-15)16-6-4-3-5-7-16;1-10(2)13(14)16-9-8-11-4-6-12(15-3)7-5-11;1-3-6-4(2)5;1-4(2)3/h8-11,16H,1,3-7,12-13H2,2H3;4-7H,1,8-9H2,2-3H3;3H2,1-2H3;4H,1-3H3. The number of hydrogen-bond acceptors (Lipinski definition) is 7. The zero-order chi connectivity index (χ0) is 34.9. The Morgan fingerprint density at radius 1 is 0.717 bits per heavy atom. The fraction of sp³-hybridized carbons (Fsp3) is 0.513.